The standard InChI is InChI=1S/C22H28N2O2.ClH/c1-26-21-13-12-18(14-20(21)23)22(25)24-15-19(16-8-4-2-5-9-16)17-10-6-3-7-11-17;/h2-11,18-21H,12-15,23H2,1H3,(H,24,25);1H/t18-,20+,21+;/m0./s1. The van der Waals surface area contributed by atoms with Crippen LogP contribution in [0.5, 0.6) is 0 Å². The topological polar surface area (TPSA) is 64.3 Å². The zero-order chi connectivity index (χ0) is 18.4. The number of nitrogens with one attached hydrogen (secondary N) is 1. The summed E-state index contributed by atoms with van der Waals surface area (Å²) in [6.07, 6.45) is 2.43. The first-order valence-electron chi connectivity index (χ1n) is 9.35. The molecule has 5 heteroatoms. The lowest BCUT2D eigenvalue weighted by Gasteiger charge is -2.32. The van der Waals surface area contributed by atoms with Gasteiger partial charge in [0.1, 0.15) is 0 Å². The number of nitrogens with two attached hydrogens (primary N) is 1. The fourth-order valence-electron chi connectivity index (χ4n) is 3.85. The quantitative estimate of drug-likeness (QED) is 0.796. The molecule has 0 unspecified atom stereocenters. The van der Waals surface area contributed by atoms with E-state index < -0.39 is 0 Å². The minimum absolute atomic E-state index is 0. The van der Waals surface area contributed by atoms with Gasteiger partial charge in [0.15, 0.2) is 0 Å². The van der Waals surface area contributed by atoms with Crippen LogP contribution in [0.1, 0.15) is 36.3 Å². The van der Waals surface area contributed by atoms with E-state index >= 15 is 0 Å². The van der Waals surface area contributed by atoms with E-state index in [0.29, 0.717) is 13.0 Å². The lowest BCUT2D eigenvalue weighted by Crippen LogP contribution is -2.46. The molecule has 3 atom stereocenters. The molecule has 146 valence electrons. The molecule has 0 radical (unpaired) electrons. The van der Waals surface area contributed by atoms with E-state index in [2.05, 4.69) is 29.6 Å². The van der Waals surface area contributed by atoms with Gasteiger partial charge in [0, 0.05) is 31.5 Å². The van der Waals surface area contributed by atoms with Gasteiger partial charge in [-0.1, -0.05) is 60.7 Å². The molecule has 2 aromatic carbocycles. The molecule has 3 rings (SSSR count). The van der Waals surface area contributed by atoms with Crippen molar-refractivity contribution in [3.8, 4) is 0 Å². The smallest absolute Gasteiger partial charge is 0.223 e. The average Bonchev–Trinajstić information content (AvgIpc) is 2.69. The summed E-state index contributed by atoms with van der Waals surface area (Å²) in [6, 6.07) is 20.6. The van der Waals surface area contributed by atoms with Gasteiger partial charge in [-0.2, -0.15) is 0 Å². The zero-order valence-electron chi connectivity index (χ0n) is 15.7. The summed E-state index contributed by atoms with van der Waals surface area (Å²) in [5.41, 5.74) is 8.57. The first-order valence-corrected chi connectivity index (χ1v) is 9.35. The van der Waals surface area contributed by atoms with Crippen LogP contribution in [0, 0.1) is 5.92 Å². The lowest BCUT2D eigenvalue weighted by atomic mass is 9.83. The second-order valence-electron chi connectivity index (χ2n) is 7.07. The highest BCUT2D eigenvalue weighted by atomic mass is 35.5. The van der Waals surface area contributed by atoms with Crippen molar-refractivity contribution in [1.82, 2.24) is 5.32 Å². The number of carbonyl (C=O) groups is 1. The molecule has 27 heavy (non-hydrogen) atoms. The highest BCUT2D eigenvalue weighted by Crippen LogP contribution is 2.27. The molecule has 0 heterocycles. The Hall–Kier alpha value is -1.88. The maximum Gasteiger partial charge on any atom is 0.223 e. The van der Waals surface area contributed by atoms with Crippen LogP contribution in [-0.4, -0.2) is 31.7 Å². The monoisotopic (exact) mass is 388 g/mol. The van der Waals surface area contributed by atoms with Gasteiger partial charge in [-0.15, -0.1) is 12.4 Å². The van der Waals surface area contributed by atoms with Crippen LogP contribution in [0.2, 0.25) is 0 Å². The highest BCUT2D eigenvalue weighted by Gasteiger charge is 2.32. The number of ether oxygens (including phenoxy) is 1. The normalized spacial score (nSPS) is 22.1. The van der Waals surface area contributed by atoms with E-state index in [-0.39, 0.29) is 42.3 Å². The van der Waals surface area contributed by atoms with Crippen LogP contribution in [0.4, 0.5) is 0 Å². The SMILES string of the molecule is CO[C@@H]1CC[C@H](C(=O)NCC(c2ccccc2)c2ccccc2)C[C@H]1N.Cl. The van der Waals surface area contributed by atoms with Gasteiger partial charge in [0.25, 0.3) is 0 Å². The van der Waals surface area contributed by atoms with Crippen molar-refractivity contribution < 1.29 is 9.53 Å². The van der Waals surface area contributed by atoms with Crippen molar-refractivity contribution in [2.75, 3.05) is 13.7 Å². The lowest BCUT2D eigenvalue weighted by molar-refractivity contribution is -0.127. The molecule has 0 aromatic heterocycles. The van der Waals surface area contributed by atoms with Gasteiger partial charge < -0.3 is 15.8 Å². The van der Waals surface area contributed by atoms with Crippen LogP contribution < -0.4 is 11.1 Å². The van der Waals surface area contributed by atoms with E-state index in [1.54, 1.807) is 7.11 Å². The van der Waals surface area contributed by atoms with Gasteiger partial charge >= 0.3 is 0 Å². The van der Waals surface area contributed by atoms with Crippen LogP contribution in [0.15, 0.2) is 60.7 Å². The summed E-state index contributed by atoms with van der Waals surface area (Å²) in [7, 11) is 1.69. The van der Waals surface area contributed by atoms with E-state index in [1.165, 1.54) is 11.1 Å². The zero-order valence-corrected chi connectivity index (χ0v) is 16.5. The van der Waals surface area contributed by atoms with Crippen LogP contribution in [0.25, 0.3) is 0 Å². The molecule has 2 aromatic rings. The van der Waals surface area contributed by atoms with Crippen LogP contribution in [0.3, 0.4) is 0 Å². The molecule has 1 amide bonds. The second-order valence-corrected chi connectivity index (χ2v) is 7.07. The summed E-state index contributed by atoms with van der Waals surface area (Å²) in [5.74, 6) is 0.223. The van der Waals surface area contributed by atoms with Gasteiger partial charge in [-0.25, -0.2) is 0 Å². The molecule has 4 nitrogen and oxygen atoms in total. The molecule has 1 aliphatic carbocycles. The fourth-order valence-corrected chi connectivity index (χ4v) is 3.85. The minimum Gasteiger partial charge on any atom is -0.380 e. The molecule has 3 N–H and O–H groups in total. The van der Waals surface area contributed by atoms with E-state index in [0.717, 1.165) is 12.8 Å². The Labute approximate surface area is 167 Å². The Morgan fingerprint density at radius 3 is 2.11 bits per heavy atom. The summed E-state index contributed by atoms with van der Waals surface area (Å²) in [6.45, 7) is 0.590. The van der Waals surface area contributed by atoms with Gasteiger partial charge in [0.2, 0.25) is 5.91 Å². The summed E-state index contributed by atoms with van der Waals surface area (Å²) in [4.78, 5) is 12.7. The number of rotatable bonds is 6. The summed E-state index contributed by atoms with van der Waals surface area (Å²) >= 11 is 0. The van der Waals surface area contributed by atoms with Crippen LogP contribution >= 0.6 is 12.4 Å². The Morgan fingerprint density at radius 1 is 1.07 bits per heavy atom. The van der Waals surface area contributed by atoms with Crippen molar-refractivity contribution in [3.63, 3.8) is 0 Å². The molecule has 0 spiro atoms. The Morgan fingerprint density at radius 2 is 1.63 bits per heavy atom. The second kappa shape index (κ2) is 10.5. The number of amides is 1. The third kappa shape index (κ3) is 5.55. The molecule has 1 fully saturated rings. The van der Waals surface area contributed by atoms with E-state index in [1.807, 2.05) is 36.4 Å². The number of halogens is 1. The van der Waals surface area contributed by atoms with E-state index in [9.17, 15) is 4.79 Å². The Bertz CT molecular complexity index is 656. The number of benzene rings is 2. The largest absolute Gasteiger partial charge is 0.380 e. The third-order valence-electron chi connectivity index (χ3n) is 5.39. The van der Waals surface area contributed by atoms with Crippen molar-refractivity contribution in [2.45, 2.75) is 37.3 Å². The summed E-state index contributed by atoms with van der Waals surface area (Å²) < 4.78 is 5.39. The fraction of sp³-hybridized carbons (Fsp3) is 0.409. The number of methoxy groups -OCH3 is 1. The number of hydrogen-bond acceptors (Lipinski definition) is 3. The maximum absolute atomic E-state index is 12.7. The maximum atomic E-state index is 12.7. The minimum atomic E-state index is -0.0662. The summed E-state index contributed by atoms with van der Waals surface area (Å²) in [5, 5.41) is 3.17. The van der Waals surface area contributed by atoms with Crippen molar-refractivity contribution >= 4 is 18.3 Å². The van der Waals surface area contributed by atoms with Crippen LogP contribution in [-0.2, 0) is 9.53 Å². The third-order valence-corrected chi connectivity index (χ3v) is 5.39. The first kappa shape index (κ1) is 21.4. The van der Waals surface area contributed by atoms with Gasteiger partial charge in [-0.3, -0.25) is 4.79 Å². The predicted molar refractivity (Wildman–Crippen MR) is 111 cm³/mol. The van der Waals surface area contributed by atoms with Gasteiger partial charge in [0.05, 0.1) is 6.10 Å². The number of hydrogen-bond donors (Lipinski definition) is 2. The molecule has 1 saturated carbocycles. The molecule has 0 bridgehead atoms. The molecule has 0 aliphatic heterocycles. The van der Waals surface area contributed by atoms with Gasteiger partial charge in [-0.05, 0) is 30.4 Å². The van der Waals surface area contributed by atoms with E-state index in [4.69, 9.17) is 10.5 Å². The molecular weight excluding hydrogens is 360 g/mol. The van der Waals surface area contributed by atoms with Crippen molar-refractivity contribution in [2.24, 2.45) is 11.7 Å². The first-order chi connectivity index (χ1) is 12.7. The highest BCUT2D eigenvalue weighted by molar-refractivity contribution is 5.85. The molecule has 0 saturated heterocycles. The van der Waals surface area contributed by atoms with Crippen molar-refractivity contribution in [1.29, 1.82) is 0 Å². The molecular formula is C22H29ClN2O2. The molecule has 1 aliphatic rings. The number of carbonyl (C=O) groups excluding carboxylic acids is 1. The predicted octanol–water partition coefficient (Wildman–Crippen LogP) is 3.50. The Kier molecular flexibility index (Phi) is 8.29. The Balaban J connectivity index is 0.00000261. The van der Waals surface area contributed by atoms with Crippen molar-refractivity contribution in [3.05, 3.63) is 71.8 Å². The average molecular weight is 389 g/mol.